The predicted octanol–water partition coefficient (Wildman–Crippen LogP) is 18.2. The van der Waals surface area contributed by atoms with Crippen LogP contribution < -0.4 is 0 Å². The summed E-state index contributed by atoms with van der Waals surface area (Å²) in [6.45, 7) is 4.66. The Morgan fingerprint density at radius 1 is 0.397 bits per heavy atom. The minimum atomic E-state index is -1.53. The van der Waals surface area contributed by atoms with E-state index in [9.17, 15) is 19.5 Å². The molecule has 1 N–H and O–H groups in total. The molecule has 0 radical (unpaired) electrons. The zero-order valence-corrected chi connectivity index (χ0v) is 49.8. The number of ether oxygens (including phenoxy) is 4. The number of carbonyl (C=O) groups is 3. The first-order valence-electron chi connectivity index (χ1n) is 30.1. The van der Waals surface area contributed by atoms with Gasteiger partial charge in [0, 0.05) is 12.8 Å². The summed E-state index contributed by atoms with van der Waals surface area (Å²) in [5, 5.41) is 9.69. The number of esters is 2. The average molecular weight is 1080 g/mol. The fourth-order valence-corrected chi connectivity index (χ4v) is 7.40. The minimum Gasteiger partial charge on any atom is -0.477 e. The van der Waals surface area contributed by atoms with Gasteiger partial charge in [0.15, 0.2) is 6.10 Å². The van der Waals surface area contributed by atoms with Gasteiger partial charge in [-0.2, -0.15) is 0 Å². The number of carbonyl (C=O) groups excluding carboxylic acids is 2. The van der Waals surface area contributed by atoms with Crippen LogP contribution in [0.4, 0.5) is 0 Å². The third-order valence-electron chi connectivity index (χ3n) is 12.0. The SMILES string of the molecule is CC/C=C\C/C=C\C/C=C\C/C=C\C/C=C\C/C=C\C/C=C\C/C=C\C/C=C\C/C=C\C/C=C\C/C=C\CCCCC(=O)OC(COC(=O)CCCCCCC/C=C\CCCCCCC)COC(OCC[N+](C)(C)C)C(=O)O. The van der Waals surface area contributed by atoms with Crippen molar-refractivity contribution < 1.29 is 42.9 Å². The number of nitrogens with zero attached hydrogens (tertiary/aromatic N) is 1. The van der Waals surface area contributed by atoms with Gasteiger partial charge in [0.2, 0.25) is 0 Å². The molecule has 0 aliphatic carbocycles. The molecule has 78 heavy (non-hydrogen) atoms. The summed E-state index contributed by atoms with van der Waals surface area (Å²) in [6, 6.07) is 0. The molecule has 0 aromatic carbocycles. The van der Waals surface area contributed by atoms with Crippen molar-refractivity contribution in [3.05, 3.63) is 158 Å². The maximum absolute atomic E-state index is 12.8. The molecule has 0 aromatic heterocycles. The molecule has 0 aliphatic heterocycles. The number of unbranched alkanes of at least 4 members (excludes halogenated alkanes) is 12. The molecule has 0 saturated carbocycles. The quantitative estimate of drug-likeness (QED) is 0.0211. The van der Waals surface area contributed by atoms with Crippen molar-refractivity contribution >= 4 is 17.9 Å². The minimum absolute atomic E-state index is 0.169. The van der Waals surface area contributed by atoms with Crippen LogP contribution in [0.5, 0.6) is 0 Å². The number of rotatable bonds is 53. The molecule has 0 saturated heterocycles. The summed E-state index contributed by atoms with van der Waals surface area (Å²) in [5.41, 5.74) is 0. The van der Waals surface area contributed by atoms with Crippen LogP contribution >= 0.6 is 0 Å². The zero-order valence-electron chi connectivity index (χ0n) is 49.8. The Morgan fingerprint density at radius 2 is 0.731 bits per heavy atom. The standard InChI is InChI=1S/C69H109NO8/c1-6-8-10-12-14-16-18-20-22-23-24-25-26-27-28-29-30-31-32-33-34-35-36-37-38-39-40-41-42-43-44-45-46-48-50-52-54-56-58-60-67(72)78-65(64-77-69(68(73)74)75-62-61-70(3,4)5)63-76-66(71)59-57-55-53-51-49-47-21-19-17-15-13-11-9-7-2/h8,10,14,16,19-22,24-25,27-28,30-31,33-34,36-37,39-40,42-43,45-46,50,52,65,69H,6-7,9,11-13,15,17-18,23,26,29,32,35,38,41,44,47-49,51,53-64H2,1-5H3/p+1/b10-8-,16-14-,21-19-,22-20-,25-24-,28-27-,31-30-,34-33-,37-36-,40-39-,43-42-,46-45-,52-50-. The predicted molar refractivity (Wildman–Crippen MR) is 331 cm³/mol. The van der Waals surface area contributed by atoms with Gasteiger partial charge >= 0.3 is 17.9 Å². The van der Waals surface area contributed by atoms with Crippen molar-refractivity contribution in [1.29, 1.82) is 0 Å². The number of carboxylic acids is 1. The first-order chi connectivity index (χ1) is 38.1. The second-order valence-electron chi connectivity index (χ2n) is 20.6. The molecule has 9 nitrogen and oxygen atoms in total. The van der Waals surface area contributed by atoms with Crippen LogP contribution in [0.2, 0.25) is 0 Å². The van der Waals surface area contributed by atoms with E-state index < -0.39 is 24.3 Å². The molecule has 0 rings (SSSR count). The van der Waals surface area contributed by atoms with Crippen LogP contribution in [0.15, 0.2) is 158 Å². The molecule has 0 heterocycles. The van der Waals surface area contributed by atoms with Gasteiger partial charge in [0.05, 0.1) is 34.4 Å². The fourth-order valence-electron chi connectivity index (χ4n) is 7.40. The molecule has 0 spiro atoms. The monoisotopic (exact) mass is 1080 g/mol. The number of likely N-dealkylation sites (N-methyl/N-ethyl adjacent to an activating group) is 1. The number of allylic oxidation sites excluding steroid dienone is 26. The molecular weight excluding hydrogens is 971 g/mol. The van der Waals surface area contributed by atoms with Crippen molar-refractivity contribution in [2.24, 2.45) is 0 Å². The number of hydrogen-bond donors (Lipinski definition) is 1. The Morgan fingerprint density at radius 3 is 1.13 bits per heavy atom. The highest BCUT2D eigenvalue weighted by atomic mass is 16.7. The number of quaternary nitrogens is 1. The van der Waals surface area contributed by atoms with E-state index in [1.54, 1.807) is 0 Å². The second-order valence-corrected chi connectivity index (χ2v) is 20.6. The van der Waals surface area contributed by atoms with Crippen molar-refractivity contribution in [1.82, 2.24) is 0 Å². The lowest BCUT2D eigenvalue weighted by Gasteiger charge is -2.25. The lowest BCUT2D eigenvalue weighted by atomic mass is 10.1. The van der Waals surface area contributed by atoms with Gasteiger partial charge in [-0.3, -0.25) is 9.59 Å². The van der Waals surface area contributed by atoms with Crippen LogP contribution in [-0.2, 0) is 33.3 Å². The molecular formula is C69H110NO8+. The van der Waals surface area contributed by atoms with Crippen molar-refractivity contribution in [3.8, 4) is 0 Å². The Bertz CT molecular complexity index is 1830. The largest absolute Gasteiger partial charge is 0.477 e. The molecule has 0 aliphatic rings. The van der Waals surface area contributed by atoms with Crippen molar-refractivity contribution in [3.63, 3.8) is 0 Å². The summed E-state index contributed by atoms with van der Waals surface area (Å²) in [4.78, 5) is 37.3. The van der Waals surface area contributed by atoms with Crippen LogP contribution in [0.3, 0.4) is 0 Å². The van der Waals surface area contributed by atoms with E-state index in [0.717, 1.165) is 128 Å². The van der Waals surface area contributed by atoms with Crippen molar-refractivity contribution in [2.75, 3.05) is 47.5 Å². The summed E-state index contributed by atoms with van der Waals surface area (Å²) >= 11 is 0. The first kappa shape index (κ1) is 72.9. The molecule has 0 fully saturated rings. The maximum atomic E-state index is 12.8. The number of aliphatic carboxylic acids is 1. The molecule has 0 bridgehead atoms. The molecule has 9 heteroatoms. The van der Waals surface area contributed by atoms with Crippen LogP contribution in [0.25, 0.3) is 0 Å². The Hall–Kier alpha value is -5.09. The van der Waals surface area contributed by atoms with E-state index in [1.807, 2.05) is 21.1 Å². The molecule has 0 amide bonds. The van der Waals surface area contributed by atoms with Crippen LogP contribution in [0, 0.1) is 0 Å². The third kappa shape index (κ3) is 58.6. The maximum Gasteiger partial charge on any atom is 0.361 e. The second kappa shape index (κ2) is 58.1. The summed E-state index contributed by atoms with van der Waals surface area (Å²) in [7, 11) is 5.93. The van der Waals surface area contributed by atoms with Gasteiger partial charge < -0.3 is 28.5 Å². The highest BCUT2D eigenvalue weighted by Gasteiger charge is 2.25. The molecule has 0 aromatic rings. The number of carboxylic acid groups (broad SMARTS) is 1. The molecule has 2 atom stereocenters. The Labute approximate surface area is 476 Å². The van der Waals surface area contributed by atoms with Gasteiger partial charge in [-0.15, -0.1) is 0 Å². The summed E-state index contributed by atoms with van der Waals surface area (Å²) in [5.74, 6) is -2.10. The Kier molecular flexibility index (Phi) is 54.3. The third-order valence-corrected chi connectivity index (χ3v) is 12.0. The van der Waals surface area contributed by atoms with Gasteiger partial charge in [-0.25, -0.2) is 4.79 Å². The van der Waals surface area contributed by atoms with E-state index in [0.29, 0.717) is 17.4 Å². The van der Waals surface area contributed by atoms with Crippen LogP contribution in [-0.4, -0.2) is 87.4 Å². The normalized spacial score (nSPS) is 13.9. The molecule has 2 unspecified atom stereocenters. The average Bonchev–Trinajstić information content (AvgIpc) is 3.41. The van der Waals surface area contributed by atoms with Gasteiger partial charge in [0.25, 0.3) is 6.29 Å². The summed E-state index contributed by atoms with van der Waals surface area (Å²) in [6.07, 6.45) is 83.4. The van der Waals surface area contributed by atoms with Gasteiger partial charge in [0.1, 0.15) is 13.2 Å². The van der Waals surface area contributed by atoms with E-state index in [1.165, 1.54) is 38.5 Å². The van der Waals surface area contributed by atoms with E-state index >= 15 is 0 Å². The highest BCUT2D eigenvalue weighted by molar-refractivity contribution is 5.71. The van der Waals surface area contributed by atoms with Gasteiger partial charge in [-0.05, 0) is 128 Å². The fraction of sp³-hybridized carbons (Fsp3) is 0.580. The zero-order chi connectivity index (χ0) is 56.9. The highest BCUT2D eigenvalue weighted by Crippen LogP contribution is 2.12. The van der Waals surface area contributed by atoms with E-state index in [-0.39, 0.29) is 38.6 Å². The Balaban J connectivity index is 4.31. The lowest BCUT2D eigenvalue weighted by Crippen LogP contribution is -2.40. The lowest BCUT2D eigenvalue weighted by molar-refractivity contribution is -0.870. The topological polar surface area (TPSA) is 108 Å². The van der Waals surface area contributed by atoms with Crippen molar-refractivity contribution in [2.45, 2.75) is 212 Å². The summed E-state index contributed by atoms with van der Waals surface area (Å²) < 4.78 is 22.8. The van der Waals surface area contributed by atoms with Crippen LogP contribution in [0.1, 0.15) is 200 Å². The number of hydrogen-bond acceptors (Lipinski definition) is 7. The molecule has 438 valence electrons. The van der Waals surface area contributed by atoms with E-state index in [4.69, 9.17) is 18.9 Å². The van der Waals surface area contributed by atoms with E-state index in [2.05, 4.69) is 172 Å². The first-order valence-corrected chi connectivity index (χ1v) is 30.1. The van der Waals surface area contributed by atoms with Gasteiger partial charge in [-0.1, -0.05) is 217 Å². The smallest absolute Gasteiger partial charge is 0.361 e.